The van der Waals surface area contributed by atoms with Crippen molar-refractivity contribution in [1.29, 1.82) is 0 Å². The minimum atomic E-state index is -0.674. The van der Waals surface area contributed by atoms with E-state index < -0.39 is 5.54 Å². The monoisotopic (exact) mass is 252 g/mol. The number of nitrogens with zero attached hydrogens (tertiary/aromatic N) is 1. The third-order valence-electron chi connectivity index (χ3n) is 4.89. The smallest absolute Gasteiger partial charge is 0.248 e. The Labute approximate surface area is 109 Å². The third-order valence-corrected chi connectivity index (χ3v) is 4.89. The first-order valence-electron chi connectivity index (χ1n) is 7.10. The second-order valence-electron chi connectivity index (χ2n) is 5.89. The first-order valence-corrected chi connectivity index (χ1v) is 7.10. The fourth-order valence-electron chi connectivity index (χ4n) is 3.16. The van der Waals surface area contributed by atoms with Crippen LogP contribution in [0.4, 0.5) is 0 Å². The Kier molecular flexibility index (Phi) is 3.39. The Bertz CT molecular complexity index is 357. The molecule has 0 aromatic heterocycles. The second kappa shape index (κ2) is 4.56. The zero-order chi connectivity index (χ0) is 13.4. The van der Waals surface area contributed by atoms with Crippen LogP contribution in [-0.4, -0.2) is 34.3 Å². The maximum absolute atomic E-state index is 12.8. The predicted octanol–water partition coefficient (Wildman–Crippen LogP) is 1.84. The Morgan fingerprint density at radius 3 is 2.28 bits per heavy atom. The van der Waals surface area contributed by atoms with Gasteiger partial charge in [0.25, 0.3) is 0 Å². The molecule has 1 saturated heterocycles. The topological polar surface area (TPSA) is 49.4 Å². The standard InChI is InChI=1S/C14H24N2O2/c1-4-14(5-2)12(18)16(10-7-11(17)15-14)13(3)8-6-9-13/h4-10H2,1-3H3,(H,15,17). The fourth-order valence-corrected chi connectivity index (χ4v) is 3.16. The lowest BCUT2D eigenvalue weighted by Crippen LogP contribution is -2.62. The van der Waals surface area contributed by atoms with Gasteiger partial charge in [-0.1, -0.05) is 13.8 Å². The molecule has 4 heteroatoms. The van der Waals surface area contributed by atoms with Gasteiger partial charge in [0.2, 0.25) is 11.8 Å². The van der Waals surface area contributed by atoms with Crippen molar-refractivity contribution in [2.75, 3.05) is 6.54 Å². The van der Waals surface area contributed by atoms with Gasteiger partial charge in [-0.2, -0.15) is 0 Å². The van der Waals surface area contributed by atoms with E-state index in [9.17, 15) is 9.59 Å². The lowest BCUT2D eigenvalue weighted by atomic mass is 9.75. The first-order chi connectivity index (χ1) is 8.47. The molecule has 18 heavy (non-hydrogen) atoms. The number of hydrogen-bond donors (Lipinski definition) is 1. The van der Waals surface area contributed by atoms with E-state index in [-0.39, 0.29) is 17.4 Å². The normalized spacial score (nSPS) is 26.3. The zero-order valence-corrected chi connectivity index (χ0v) is 11.7. The SMILES string of the molecule is CCC1(CC)NC(=O)CCN(C2(C)CCC2)C1=O. The lowest BCUT2D eigenvalue weighted by Gasteiger charge is -2.49. The van der Waals surface area contributed by atoms with E-state index in [4.69, 9.17) is 0 Å². The number of rotatable bonds is 3. The molecule has 2 rings (SSSR count). The molecule has 1 saturated carbocycles. The summed E-state index contributed by atoms with van der Waals surface area (Å²) in [4.78, 5) is 26.7. The molecule has 0 aromatic carbocycles. The Hall–Kier alpha value is -1.06. The summed E-state index contributed by atoms with van der Waals surface area (Å²) in [5.74, 6) is 0.137. The van der Waals surface area contributed by atoms with Crippen LogP contribution in [0.5, 0.6) is 0 Å². The van der Waals surface area contributed by atoms with Crippen molar-refractivity contribution >= 4 is 11.8 Å². The van der Waals surface area contributed by atoms with Crippen LogP contribution in [0.1, 0.15) is 59.3 Å². The Morgan fingerprint density at radius 1 is 1.22 bits per heavy atom. The van der Waals surface area contributed by atoms with Crippen LogP contribution in [-0.2, 0) is 9.59 Å². The van der Waals surface area contributed by atoms with Crippen molar-refractivity contribution in [3.05, 3.63) is 0 Å². The van der Waals surface area contributed by atoms with Gasteiger partial charge >= 0.3 is 0 Å². The summed E-state index contributed by atoms with van der Waals surface area (Å²) in [6.07, 6.45) is 5.09. The largest absolute Gasteiger partial charge is 0.342 e. The molecule has 1 N–H and O–H groups in total. The molecule has 2 aliphatic rings. The summed E-state index contributed by atoms with van der Waals surface area (Å²) in [7, 11) is 0. The molecule has 0 radical (unpaired) electrons. The van der Waals surface area contributed by atoms with Crippen LogP contribution >= 0.6 is 0 Å². The van der Waals surface area contributed by atoms with Gasteiger partial charge < -0.3 is 10.2 Å². The summed E-state index contributed by atoms with van der Waals surface area (Å²) >= 11 is 0. The average molecular weight is 252 g/mol. The van der Waals surface area contributed by atoms with Gasteiger partial charge in [0.1, 0.15) is 5.54 Å². The maximum Gasteiger partial charge on any atom is 0.248 e. The Morgan fingerprint density at radius 2 is 1.83 bits per heavy atom. The van der Waals surface area contributed by atoms with Crippen molar-refractivity contribution in [1.82, 2.24) is 10.2 Å². The minimum Gasteiger partial charge on any atom is -0.342 e. The van der Waals surface area contributed by atoms with Crippen LogP contribution < -0.4 is 5.32 Å². The van der Waals surface area contributed by atoms with Crippen molar-refractivity contribution in [2.45, 2.75) is 70.4 Å². The number of carbonyl (C=O) groups is 2. The molecule has 2 fully saturated rings. The summed E-state index contributed by atoms with van der Waals surface area (Å²) < 4.78 is 0. The number of carbonyl (C=O) groups excluding carboxylic acids is 2. The zero-order valence-electron chi connectivity index (χ0n) is 11.7. The highest BCUT2D eigenvalue weighted by molar-refractivity contribution is 5.94. The van der Waals surface area contributed by atoms with Gasteiger partial charge in [-0.25, -0.2) is 0 Å². The molecule has 1 aliphatic carbocycles. The van der Waals surface area contributed by atoms with Crippen molar-refractivity contribution in [3.8, 4) is 0 Å². The maximum atomic E-state index is 12.8. The molecule has 0 aromatic rings. The first kappa shape index (κ1) is 13.4. The molecule has 0 atom stereocenters. The van der Waals surface area contributed by atoms with Gasteiger partial charge in [-0.3, -0.25) is 9.59 Å². The molecule has 0 unspecified atom stereocenters. The molecule has 1 aliphatic heterocycles. The quantitative estimate of drug-likeness (QED) is 0.833. The van der Waals surface area contributed by atoms with E-state index in [1.54, 1.807) is 0 Å². The van der Waals surface area contributed by atoms with Crippen molar-refractivity contribution < 1.29 is 9.59 Å². The lowest BCUT2D eigenvalue weighted by molar-refractivity contribution is -0.147. The number of nitrogens with one attached hydrogen (secondary N) is 1. The molecule has 0 spiro atoms. The molecule has 4 nitrogen and oxygen atoms in total. The Balaban J connectivity index is 2.31. The van der Waals surface area contributed by atoms with E-state index in [0.29, 0.717) is 25.8 Å². The molecule has 1 heterocycles. The second-order valence-corrected chi connectivity index (χ2v) is 5.89. The van der Waals surface area contributed by atoms with Crippen LogP contribution in [0.3, 0.4) is 0 Å². The summed E-state index contributed by atoms with van der Waals surface area (Å²) in [5, 5.41) is 2.96. The number of hydrogen-bond acceptors (Lipinski definition) is 2. The molecule has 0 bridgehead atoms. The third kappa shape index (κ3) is 1.91. The summed E-state index contributed by atoms with van der Waals surface area (Å²) in [5.41, 5.74) is -0.689. The average Bonchev–Trinajstić information content (AvgIpc) is 2.45. The highest BCUT2D eigenvalue weighted by Crippen LogP contribution is 2.39. The van der Waals surface area contributed by atoms with Crippen LogP contribution in [0.25, 0.3) is 0 Å². The summed E-state index contributed by atoms with van der Waals surface area (Å²) in [6, 6.07) is 0. The van der Waals surface area contributed by atoms with E-state index in [1.165, 1.54) is 6.42 Å². The molecule has 102 valence electrons. The van der Waals surface area contributed by atoms with Crippen molar-refractivity contribution in [2.24, 2.45) is 0 Å². The van der Waals surface area contributed by atoms with E-state index >= 15 is 0 Å². The van der Waals surface area contributed by atoms with Crippen molar-refractivity contribution in [3.63, 3.8) is 0 Å². The molecular weight excluding hydrogens is 228 g/mol. The highest BCUT2D eigenvalue weighted by atomic mass is 16.2. The predicted molar refractivity (Wildman–Crippen MR) is 70.0 cm³/mol. The summed E-state index contributed by atoms with van der Waals surface area (Å²) in [6.45, 7) is 6.69. The fraction of sp³-hybridized carbons (Fsp3) is 0.857. The van der Waals surface area contributed by atoms with Gasteiger partial charge in [0.15, 0.2) is 0 Å². The van der Waals surface area contributed by atoms with Crippen LogP contribution in [0.15, 0.2) is 0 Å². The van der Waals surface area contributed by atoms with Gasteiger partial charge in [0, 0.05) is 18.5 Å². The minimum absolute atomic E-state index is 0.0115. The van der Waals surface area contributed by atoms with E-state index in [2.05, 4.69) is 12.2 Å². The molecular formula is C14H24N2O2. The van der Waals surface area contributed by atoms with Gasteiger partial charge in [-0.15, -0.1) is 0 Å². The van der Waals surface area contributed by atoms with Crippen LogP contribution in [0, 0.1) is 0 Å². The highest BCUT2D eigenvalue weighted by Gasteiger charge is 2.49. The number of amides is 2. The van der Waals surface area contributed by atoms with Gasteiger partial charge in [-0.05, 0) is 39.0 Å². The molecule has 2 amide bonds. The van der Waals surface area contributed by atoms with E-state index in [1.807, 2.05) is 18.7 Å². The van der Waals surface area contributed by atoms with E-state index in [0.717, 1.165) is 12.8 Å². The van der Waals surface area contributed by atoms with Gasteiger partial charge in [0.05, 0.1) is 0 Å². The van der Waals surface area contributed by atoms with Crippen LogP contribution in [0.2, 0.25) is 0 Å².